The van der Waals surface area contributed by atoms with Gasteiger partial charge in [0, 0.05) is 17.8 Å². The van der Waals surface area contributed by atoms with E-state index in [0.717, 1.165) is 0 Å². The van der Waals surface area contributed by atoms with Crippen molar-refractivity contribution in [3.05, 3.63) is 47.7 Å². The van der Waals surface area contributed by atoms with Gasteiger partial charge in [-0.05, 0) is 24.3 Å². The summed E-state index contributed by atoms with van der Waals surface area (Å²) in [6, 6.07) is 10.4. The second kappa shape index (κ2) is 5.74. The fraction of sp³-hybridized carbons (Fsp3) is 0.235. The molecular weight excluding hydrogens is 310 g/mol. The van der Waals surface area contributed by atoms with Gasteiger partial charge in [-0.15, -0.1) is 0 Å². The van der Waals surface area contributed by atoms with Gasteiger partial charge in [0.25, 0.3) is 5.91 Å². The number of aromatic nitrogens is 1. The largest absolute Gasteiger partial charge is 0.471 e. The Hall–Kier alpha value is -3.27. The van der Waals surface area contributed by atoms with Gasteiger partial charge in [0.05, 0.1) is 24.7 Å². The number of nitrogens with zero attached hydrogens (tertiary/aromatic N) is 3. The van der Waals surface area contributed by atoms with Crippen molar-refractivity contribution in [2.45, 2.75) is 6.10 Å². The predicted molar refractivity (Wildman–Crippen MR) is 81.8 cm³/mol. The Morgan fingerprint density at radius 2 is 2.08 bits per heavy atom. The van der Waals surface area contributed by atoms with Crippen LogP contribution in [0.25, 0.3) is 0 Å². The Bertz CT molecular complexity index is 840. The maximum Gasteiger partial charge on any atom is 0.254 e. The first kappa shape index (κ1) is 14.3. The van der Waals surface area contributed by atoms with Crippen LogP contribution >= 0.6 is 0 Å². The van der Waals surface area contributed by atoms with Gasteiger partial charge in [0.15, 0.2) is 11.5 Å². The van der Waals surface area contributed by atoms with Gasteiger partial charge >= 0.3 is 0 Å². The average molecular weight is 323 g/mol. The second-order valence-electron chi connectivity index (χ2n) is 5.51. The maximum atomic E-state index is 12.4. The number of nitriles is 1. The molecule has 0 bridgehead atoms. The highest BCUT2D eigenvalue weighted by Crippen LogP contribution is 2.33. The van der Waals surface area contributed by atoms with Crippen LogP contribution in [0.1, 0.15) is 15.9 Å². The summed E-state index contributed by atoms with van der Waals surface area (Å²) in [6.45, 7) is 1.14. The minimum Gasteiger partial charge on any atom is -0.471 e. The zero-order valence-electron chi connectivity index (χ0n) is 12.6. The van der Waals surface area contributed by atoms with Gasteiger partial charge in [0.2, 0.25) is 12.7 Å². The summed E-state index contributed by atoms with van der Waals surface area (Å²) in [6.07, 6.45) is 1.41. The normalized spacial score (nSPS) is 15.5. The number of likely N-dealkylation sites (tertiary alicyclic amines) is 1. The molecule has 7 heteroatoms. The van der Waals surface area contributed by atoms with Gasteiger partial charge in [-0.1, -0.05) is 0 Å². The summed E-state index contributed by atoms with van der Waals surface area (Å²) in [7, 11) is 0. The number of pyridine rings is 1. The van der Waals surface area contributed by atoms with Crippen LogP contribution in [0, 0.1) is 11.3 Å². The highest BCUT2D eigenvalue weighted by atomic mass is 16.7. The predicted octanol–water partition coefficient (Wildman–Crippen LogP) is 1.59. The number of amides is 1. The lowest BCUT2D eigenvalue weighted by Crippen LogP contribution is -2.56. The van der Waals surface area contributed by atoms with E-state index in [-0.39, 0.29) is 18.8 Å². The van der Waals surface area contributed by atoms with E-state index in [4.69, 9.17) is 19.5 Å². The van der Waals surface area contributed by atoms with Crippen LogP contribution in [0.4, 0.5) is 0 Å². The SMILES string of the molecule is N#Cc1ccnc(OC2CN(C(=O)c3ccc4c(c3)OCO4)C2)c1. The standard InChI is InChI=1S/C17H13N3O4/c18-7-11-3-4-19-16(5-11)24-13-8-20(9-13)17(21)12-1-2-14-15(6-12)23-10-22-14/h1-6,13H,8-10H2. The van der Waals surface area contributed by atoms with Crippen LogP contribution in [0.2, 0.25) is 0 Å². The minimum atomic E-state index is -0.121. The highest BCUT2D eigenvalue weighted by Gasteiger charge is 2.33. The number of carbonyl (C=O) groups is 1. The van der Waals surface area contributed by atoms with Gasteiger partial charge in [-0.25, -0.2) is 4.98 Å². The van der Waals surface area contributed by atoms with E-state index in [9.17, 15) is 4.79 Å². The highest BCUT2D eigenvalue weighted by molar-refractivity contribution is 5.95. The third-order valence-electron chi connectivity index (χ3n) is 3.91. The van der Waals surface area contributed by atoms with E-state index in [1.807, 2.05) is 6.07 Å². The van der Waals surface area contributed by atoms with Crippen molar-refractivity contribution >= 4 is 5.91 Å². The summed E-state index contributed by atoms with van der Waals surface area (Å²) in [5.74, 6) is 1.56. The zero-order chi connectivity index (χ0) is 16.5. The molecule has 0 saturated carbocycles. The summed E-state index contributed by atoms with van der Waals surface area (Å²) >= 11 is 0. The molecule has 0 aliphatic carbocycles. The molecule has 0 N–H and O–H groups in total. The van der Waals surface area contributed by atoms with Crippen LogP contribution in [0.15, 0.2) is 36.5 Å². The smallest absolute Gasteiger partial charge is 0.254 e. The summed E-state index contributed by atoms with van der Waals surface area (Å²) in [5.41, 5.74) is 1.05. The second-order valence-corrected chi connectivity index (χ2v) is 5.51. The monoisotopic (exact) mass is 323 g/mol. The van der Waals surface area contributed by atoms with E-state index in [2.05, 4.69) is 4.98 Å². The van der Waals surface area contributed by atoms with Gasteiger partial charge in [-0.2, -0.15) is 5.26 Å². The molecule has 0 spiro atoms. The Morgan fingerprint density at radius 3 is 2.92 bits per heavy atom. The minimum absolute atomic E-state index is 0.0770. The number of rotatable bonds is 3. The van der Waals surface area contributed by atoms with Gasteiger partial charge < -0.3 is 19.1 Å². The zero-order valence-corrected chi connectivity index (χ0v) is 12.6. The van der Waals surface area contributed by atoms with Crippen molar-refractivity contribution in [1.82, 2.24) is 9.88 Å². The molecule has 1 amide bonds. The molecule has 3 heterocycles. The quantitative estimate of drug-likeness (QED) is 0.853. The first-order valence-electron chi connectivity index (χ1n) is 7.44. The number of hydrogen-bond donors (Lipinski definition) is 0. The first-order chi connectivity index (χ1) is 11.7. The molecule has 4 rings (SSSR count). The van der Waals surface area contributed by atoms with E-state index >= 15 is 0 Å². The van der Waals surface area contributed by atoms with Gasteiger partial charge in [-0.3, -0.25) is 4.79 Å². The molecule has 0 atom stereocenters. The first-order valence-corrected chi connectivity index (χ1v) is 7.44. The fourth-order valence-corrected chi connectivity index (χ4v) is 2.60. The van der Waals surface area contributed by atoms with Crippen LogP contribution in [0.3, 0.4) is 0 Å². The number of hydrogen-bond acceptors (Lipinski definition) is 6. The molecule has 24 heavy (non-hydrogen) atoms. The van der Waals surface area contributed by atoms with Crippen molar-refractivity contribution in [1.29, 1.82) is 5.26 Å². The molecule has 1 aromatic carbocycles. The third-order valence-corrected chi connectivity index (χ3v) is 3.91. The Labute approximate surface area is 138 Å². The number of benzene rings is 1. The van der Waals surface area contributed by atoms with Crippen molar-refractivity contribution in [2.24, 2.45) is 0 Å². The van der Waals surface area contributed by atoms with Crippen molar-refractivity contribution in [3.63, 3.8) is 0 Å². The molecule has 1 fully saturated rings. The van der Waals surface area contributed by atoms with E-state index in [0.29, 0.717) is 41.6 Å². The maximum absolute atomic E-state index is 12.4. The third kappa shape index (κ3) is 2.58. The molecule has 0 unspecified atom stereocenters. The molecular formula is C17H13N3O4. The van der Waals surface area contributed by atoms with Crippen LogP contribution in [-0.2, 0) is 0 Å². The van der Waals surface area contributed by atoms with Crippen molar-refractivity contribution in [2.75, 3.05) is 19.9 Å². The summed E-state index contributed by atoms with van der Waals surface area (Å²) in [5, 5.41) is 8.87. The summed E-state index contributed by atoms with van der Waals surface area (Å²) < 4.78 is 16.2. The molecule has 120 valence electrons. The Morgan fingerprint density at radius 1 is 1.25 bits per heavy atom. The van der Waals surface area contributed by atoms with E-state index < -0.39 is 0 Å². The molecule has 0 radical (unpaired) electrons. The van der Waals surface area contributed by atoms with Crippen molar-refractivity contribution in [3.8, 4) is 23.4 Å². The van der Waals surface area contributed by atoms with Crippen LogP contribution < -0.4 is 14.2 Å². The topological polar surface area (TPSA) is 84.7 Å². The number of fused-ring (bicyclic) bond motifs is 1. The molecule has 2 aliphatic heterocycles. The Kier molecular flexibility index (Phi) is 3.43. The molecule has 1 saturated heterocycles. The lowest BCUT2D eigenvalue weighted by molar-refractivity contribution is 0.0160. The lowest BCUT2D eigenvalue weighted by atomic mass is 10.1. The lowest BCUT2D eigenvalue weighted by Gasteiger charge is -2.38. The van der Waals surface area contributed by atoms with Crippen LogP contribution in [0.5, 0.6) is 17.4 Å². The molecule has 2 aromatic rings. The van der Waals surface area contributed by atoms with E-state index in [1.165, 1.54) is 6.20 Å². The fourth-order valence-electron chi connectivity index (χ4n) is 2.60. The summed E-state index contributed by atoms with van der Waals surface area (Å²) in [4.78, 5) is 18.2. The number of carbonyl (C=O) groups excluding carboxylic acids is 1. The van der Waals surface area contributed by atoms with Crippen LogP contribution in [-0.4, -0.2) is 41.8 Å². The number of ether oxygens (including phenoxy) is 3. The van der Waals surface area contributed by atoms with E-state index in [1.54, 1.807) is 35.2 Å². The molecule has 7 nitrogen and oxygen atoms in total. The molecule has 1 aromatic heterocycles. The average Bonchev–Trinajstić information content (AvgIpc) is 3.05. The molecule has 2 aliphatic rings. The van der Waals surface area contributed by atoms with Crippen molar-refractivity contribution < 1.29 is 19.0 Å². The van der Waals surface area contributed by atoms with Gasteiger partial charge in [0.1, 0.15) is 6.10 Å². The Balaban J connectivity index is 1.37.